The molecule has 1 aromatic rings. The highest BCUT2D eigenvalue weighted by atomic mass is 15.3. The fourth-order valence-electron chi connectivity index (χ4n) is 4.01. The first-order valence-corrected chi connectivity index (χ1v) is 10.0. The lowest BCUT2D eigenvalue weighted by Crippen LogP contribution is -2.38. The third-order valence-electron chi connectivity index (χ3n) is 5.52. The van der Waals surface area contributed by atoms with Gasteiger partial charge in [-0.15, -0.1) is 0 Å². The second-order valence-electron chi connectivity index (χ2n) is 7.64. The molecule has 2 unspecified atom stereocenters. The van der Waals surface area contributed by atoms with Gasteiger partial charge in [0.25, 0.3) is 0 Å². The van der Waals surface area contributed by atoms with Crippen LogP contribution in [0.4, 0.5) is 0 Å². The highest BCUT2D eigenvalue weighted by molar-refractivity contribution is 5.79. The average molecular weight is 348 g/mol. The highest BCUT2D eigenvalue weighted by Gasteiger charge is 2.18. The maximum absolute atomic E-state index is 4.79. The van der Waals surface area contributed by atoms with Crippen molar-refractivity contribution >= 4 is 5.96 Å². The van der Waals surface area contributed by atoms with Gasteiger partial charge in [0, 0.05) is 32.4 Å². The molecule has 142 valence electrons. The van der Waals surface area contributed by atoms with Crippen LogP contribution in [0.2, 0.25) is 0 Å². The number of rotatable bonds is 7. The van der Waals surface area contributed by atoms with E-state index in [0.717, 1.165) is 49.5 Å². The number of nitrogens with one attached hydrogen (secondary N) is 2. The Labute approximate surface area is 153 Å². The van der Waals surface area contributed by atoms with E-state index < -0.39 is 0 Å². The van der Waals surface area contributed by atoms with Gasteiger partial charge in [-0.2, -0.15) is 5.10 Å². The van der Waals surface area contributed by atoms with Gasteiger partial charge in [-0.25, -0.2) is 0 Å². The molecule has 0 amide bonds. The number of hydrogen-bond donors (Lipinski definition) is 2. The van der Waals surface area contributed by atoms with E-state index in [9.17, 15) is 0 Å². The molecule has 0 bridgehead atoms. The lowest BCUT2D eigenvalue weighted by molar-refractivity contribution is 0.272. The normalized spacial score (nSPS) is 21.4. The van der Waals surface area contributed by atoms with E-state index in [-0.39, 0.29) is 0 Å². The van der Waals surface area contributed by atoms with Gasteiger partial charge < -0.3 is 10.6 Å². The molecule has 1 aliphatic rings. The first-order valence-electron chi connectivity index (χ1n) is 10.0. The summed E-state index contributed by atoms with van der Waals surface area (Å²) in [7, 11) is 2.01. The van der Waals surface area contributed by atoms with Gasteiger partial charge in [0.1, 0.15) is 0 Å². The summed E-state index contributed by atoms with van der Waals surface area (Å²) < 4.78 is 1.97. The van der Waals surface area contributed by atoms with Crippen molar-refractivity contribution in [1.82, 2.24) is 20.4 Å². The van der Waals surface area contributed by atoms with Crippen molar-refractivity contribution in [2.24, 2.45) is 23.9 Å². The number of aryl methyl sites for hydroxylation is 2. The number of hydrogen-bond acceptors (Lipinski definition) is 2. The molecule has 0 aromatic carbocycles. The summed E-state index contributed by atoms with van der Waals surface area (Å²) >= 11 is 0. The Bertz CT molecular complexity index is 561. The molecule has 2 atom stereocenters. The van der Waals surface area contributed by atoms with Crippen LogP contribution in [0.25, 0.3) is 0 Å². The van der Waals surface area contributed by atoms with Crippen LogP contribution in [0.1, 0.15) is 62.9 Å². The lowest BCUT2D eigenvalue weighted by Gasteiger charge is -2.26. The van der Waals surface area contributed by atoms with Gasteiger partial charge in [0.05, 0.1) is 5.69 Å². The minimum absolute atomic E-state index is 0.871. The predicted molar refractivity (Wildman–Crippen MR) is 106 cm³/mol. The number of aromatic nitrogens is 2. The van der Waals surface area contributed by atoms with E-state index in [0.29, 0.717) is 0 Å². The molecule has 1 fully saturated rings. The Morgan fingerprint density at radius 2 is 2.08 bits per heavy atom. The molecule has 1 aromatic heterocycles. The quantitative estimate of drug-likeness (QED) is 0.587. The minimum Gasteiger partial charge on any atom is -0.357 e. The van der Waals surface area contributed by atoms with Crippen LogP contribution in [0, 0.1) is 25.7 Å². The van der Waals surface area contributed by atoms with Gasteiger partial charge in [-0.1, -0.05) is 26.2 Å². The number of guanidine groups is 1. The van der Waals surface area contributed by atoms with Crippen LogP contribution >= 0.6 is 0 Å². The molecule has 5 nitrogen and oxygen atoms in total. The van der Waals surface area contributed by atoms with Crippen LogP contribution in [-0.4, -0.2) is 35.4 Å². The number of nitrogens with zero attached hydrogens (tertiary/aromatic N) is 3. The molecule has 1 heterocycles. The van der Waals surface area contributed by atoms with Crippen molar-refractivity contribution < 1.29 is 0 Å². The minimum atomic E-state index is 0.871. The maximum atomic E-state index is 4.79. The third kappa shape index (κ3) is 6.05. The molecule has 5 heteroatoms. The van der Waals surface area contributed by atoms with Crippen LogP contribution in [0.5, 0.6) is 0 Å². The van der Waals surface area contributed by atoms with Crippen molar-refractivity contribution in [2.75, 3.05) is 19.6 Å². The molecule has 2 N–H and O–H groups in total. The molecular formula is C20H37N5. The average Bonchev–Trinajstić information content (AvgIpc) is 2.81. The SMILES string of the molecule is CCNC(=NCCC1CCCC(C)C1)NCCc1c(C)nn(C)c1C. The van der Waals surface area contributed by atoms with E-state index in [4.69, 9.17) is 4.99 Å². The second-order valence-corrected chi connectivity index (χ2v) is 7.64. The van der Waals surface area contributed by atoms with Crippen LogP contribution in [0.3, 0.4) is 0 Å². The Morgan fingerprint density at radius 3 is 2.72 bits per heavy atom. The zero-order chi connectivity index (χ0) is 18.2. The van der Waals surface area contributed by atoms with Crippen molar-refractivity contribution in [3.8, 4) is 0 Å². The Balaban J connectivity index is 1.79. The van der Waals surface area contributed by atoms with E-state index in [1.165, 1.54) is 43.4 Å². The summed E-state index contributed by atoms with van der Waals surface area (Å²) in [6.45, 7) is 11.5. The molecule has 0 saturated heterocycles. The van der Waals surface area contributed by atoms with E-state index >= 15 is 0 Å². The molecule has 0 radical (unpaired) electrons. The second kappa shape index (κ2) is 9.83. The first kappa shape index (κ1) is 19.8. The highest BCUT2D eigenvalue weighted by Crippen LogP contribution is 2.30. The van der Waals surface area contributed by atoms with Gasteiger partial charge in [-0.3, -0.25) is 9.67 Å². The van der Waals surface area contributed by atoms with Crippen LogP contribution in [-0.2, 0) is 13.5 Å². The third-order valence-corrected chi connectivity index (χ3v) is 5.52. The molecular weight excluding hydrogens is 310 g/mol. The lowest BCUT2D eigenvalue weighted by atomic mass is 9.81. The summed E-state index contributed by atoms with van der Waals surface area (Å²) in [5.41, 5.74) is 3.74. The summed E-state index contributed by atoms with van der Waals surface area (Å²) in [5, 5.41) is 11.3. The Hall–Kier alpha value is -1.52. The Morgan fingerprint density at radius 1 is 1.28 bits per heavy atom. The fraction of sp³-hybridized carbons (Fsp3) is 0.800. The van der Waals surface area contributed by atoms with E-state index in [2.05, 4.69) is 43.4 Å². The largest absolute Gasteiger partial charge is 0.357 e. The van der Waals surface area contributed by atoms with Gasteiger partial charge >= 0.3 is 0 Å². The number of aliphatic imine (C=N–C) groups is 1. The molecule has 0 aliphatic heterocycles. The van der Waals surface area contributed by atoms with E-state index in [1.807, 2.05) is 11.7 Å². The van der Waals surface area contributed by atoms with Crippen molar-refractivity contribution in [2.45, 2.75) is 66.2 Å². The zero-order valence-electron chi connectivity index (χ0n) is 16.9. The van der Waals surface area contributed by atoms with Crippen molar-refractivity contribution in [3.05, 3.63) is 17.0 Å². The molecule has 1 aliphatic carbocycles. The Kier molecular flexibility index (Phi) is 7.79. The zero-order valence-corrected chi connectivity index (χ0v) is 16.9. The summed E-state index contributed by atoms with van der Waals surface area (Å²) in [4.78, 5) is 4.79. The van der Waals surface area contributed by atoms with Gasteiger partial charge in [-0.05, 0) is 57.4 Å². The molecule has 1 saturated carbocycles. The molecule has 0 spiro atoms. The standard InChI is InChI=1S/C20H37N5/c1-6-21-20(22-12-10-18-9-7-8-15(2)14-18)23-13-11-19-16(3)24-25(5)17(19)4/h15,18H,6-14H2,1-5H3,(H2,21,22,23). The first-order chi connectivity index (χ1) is 12.0. The van der Waals surface area contributed by atoms with Gasteiger partial charge in [0.15, 0.2) is 5.96 Å². The van der Waals surface area contributed by atoms with Crippen LogP contribution < -0.4 is 10.6 Å². The summed E-state index contributed by atoms with van der Waals surface area (Å²) in [6, 6.07) is 0. The smallest absolute Gasteiger partial charge is 0.191 e. The maximum Gasteiger partial charge on any atom is 0.191 e. The van der Waals surface area contributed by atoms with Crippen molar-refractivity contribution in [1.29, 1.82) is 0 Å². The fourth-order valence-corrected chi connectivity index (χ4v) is 4.01. The van der Waals surface area contributed by atoms with Crippen LogP contribution in [0.15, 0.2) is 4.99 Å². The molecule has 25 heavy (non-hydrogen) atoms. The van der Waals surface area contributed by atoms with Gasteiger partial charge in [0.2, 0.25) is 0 Å². The predicted octanol–water partition coefficient (Wildman–Crippen LogP) is 3.35. The monoisotopic (exact) mass is 347 g/mol. The van der Waals surface area contributed by atoms with Crippen molar-refractivity contribution in [3.63, 3.8) is 0 Å². The molecule has 2 rings (SSSR count). The topological polar surface area (TPSA) is 54.2 Å². The summed E-state index contributed by atoms with van der Waals surface area (Å²) in [6.07, 6.45) is 7.80. The summed E-state index contributed by atoms with van der Waals surface area (Å²) in [5.74, 6) is 2.72. The van der Waals surface area contributed by atoms with E-state index in [1.54, 1.807) is 0 Å².